The number of unbranched alkanes of at least 4 members (excludes halogenated alkanes) is 6. The van der Waals surface area contributed by atoms with E-state index in [1.807, 2.05) is 6.08 Å². The normalized spacial score (nSPS) is 18.0. The lowest BCUT2D eigenvalue weighted by Crippen LogP contribution is -2.31. The molecule has 2 heteroatoms. The molecule has 1 aliphatic rings. The topological polar surface area (TPSA) is 9.23 Å². The minimum absolute atomic E-state index is 1.17. The van der Waals surface area contributed by atoms with Crippen LogP contribution in [-0.4, -0.2) is 8.32 Å². The van der Waals surface area contributed by atoms with Crippen LogP contribution in [0.2, 0.25) is 19.1 Å². The van der Waals surface area contributed by atoms with Crippen LogP contribution in [0.15, 0.2) is 24.5 Å². The standard InChI is InChI=1S/C16H30OSi/c1-4-5-6-7-8-9-10-11-13-16-14-12-15-18(2,3)17-16/h4,14H,1,5-13,15H2,2-3H3. The van der Waals surface area contributed by atoms with Crippen LogP contribution in [0.25, 0.3) is 0 Å². The van der Waals surface area contributed by atoms with Gasteiger partial charge in [0.25, 0.3) is 0 Å². The monoisotopic (exact) mass is 266 g/mol. The second kappa shape index (κ2) is 8.57. The van der Waals surface area contributed by atoms with Gasteiger partial charge in [-0.25, -0.2) is 0 Å². The molecule has 0 radical (unpaired) electrons. The van der Waals surface area contributed by atoms with Gasteiger partial charge in [0, 0.05) is 6.42 Å². The molecule has 0 aromatic heterocycles. The van der Waals surface area contributed by atoms with Crippen molar-refractivity contribution in [3.8, 4) is 0 Å². The maximum Gasteiger partial charge on any atom is 0.245 e. The third-order valence-electron chi connectivity index (χ3n) is 3.61. The summed E-state index contributed by atoms with van der Waals surface area (Å²) in [5, 5.41) is 0. The molecule has 1 aliphatic heterocycles. The van der Waals surface area contributed by atoms with Gasteiger partial charge in [0.2, 0.25) is 8.32 Å². The Balaban J connectivity index is 1.98. The molecule has 104 valence electrons. The molecule has 0 aliphatic carbocycles. The van der Waals surface area contributed by atoms with Crippen molar-refractivity contribution >= 4 is 8.32 Å². The molecule has 0 atom stereocenters. The zero-order chi connectivity index (χ0) is 13.3. The molecule has 0 bridgehead atoms. The first kappa shape index (κ1) is 15.6. The molecule has 1 rings (SSSR count). The molecule has 18 heavy (non-hydrogen) atoms. The summed E-state index contributed by atoms with van der Waals surface area (Å²) in [6.07, 6.45) is 16.1. The smallest absolute Gasteiger partial charge is 0.245 e. The van der Waals surface area contributed by atoms with Gasteiger partial charge in [0.1, 0.15) is 0 Å². The average Bonchev–Trinajstić information content (AvgIpc) is 2.31. The Kier molecular flexibility index (Phi) is 7.41. The number of hydrogen-bond donors (Lipinski definition) is 0. The van der Waals surface area contributed by atoms with Crippen molar-refractivity contribution in [3.05, 3.63) is 24.5 Å². The fraction of sp³-hybridized carbons (Fsp3) is 0.750. The van der Waals surface area contributed by atoms with Gasteiger partial charge in [-0.2, -0.15) is 0 Å². The van der Waals surface area contributed by atoms with Gasteiger partial charge in [-0.15, -0.1) is 6.58 Å². The van der Waals surface area contributed by atoms with Gasteiger partial charge in [-0.05, 0) is 50.9 Å². The van der Waals surface area contributed by atoms with Crippen LogP contribution < -0.4 is 0 Å². The predicted octanol–water partition coefficient (Wildman–Crippen LogP) is 5.80. The summed E-state index contributed by atoms with van der Waals surface area (Å²) in [6.45, 7) is 8.42. The minimum Gasteiger partial charge on any atom is -0.547 e. The first-order chi connectivity index (χ1) is 8.64. The highest BCUT2D eigenvalue weighted by atomic mass is 28.4. The third kappa shape index (κ3) is 7.05. The van der Waals surface area contributed by atoms with E-state index < -0.39 is 8.32 Å². The van der Waals surface area contributed by atoms with Gasteiger partial charge in [0.05, 0.1) is 5.76 Å². The molecule has 0 amide bonds. The lowest BCUT2D eigenvalue weighted by atomic mass is 10.1. The van der Waals surface area contributed by atoms with E-state index in [2.05, 4.69) is 25.7 Å². The molecule has 0 saturated heterocycles. The Labute approximate surface area is 114 Å². The van der Waals surface area contributed by atoms with E-state index in [0.717, 1.165) is 0 Å². The van der Waals surface area contributed by atoms with Gasteiger partial charge in [0.15, 0.2) is 0 Å². The van der Waals surface area contributed by atoms with Crippen molar-refractivity contribution in [2.75, 3.05) is 0 Å². The quantitative estimate of drug-likeness (QED) is 0.291. The molecule has 0 fully saturated rings. The van der Waals surface area contributed by atoms with Crippen molar-refractivity contribution in [1.82, 2.24) is 0 Å². The zero-order valence-corrected chi connectivity index (χ0v) is 13.3. The summed E-state index contributed by atoms with van der Waals surface area (Å²) >= 11 is 0. The molecule has 0 aromatic rings. The van der Waals surface area contributed by atoms with Crippen molar-refractivity contribution in [2.24, 2.45) is 0 Å². The Morgan fingerprint density at radius 2 is 1.83 bits per heavy atom. The Morgan fingerprint density at radius 3 is 2.50 bits per heavy atom. The highest BCUT2D eigenvalue weighted by Gasteiger charge is 2.27. The van der Waals surface area contributed by atoms with Crippen LogP contribution in [0.1, 0.15) is 57.8 Å². The summed E-state index contributed by atoms with van der Waals surface area (Å²) in [5.74, 6) is 1.30. The summed E-state index contributed by atoms with van der Waals surface area (Å²) in [4.78, 5) is 0. The Hall–Kier alpha value is -0.503. The van der Waals surface area contributed by atoms with Crippen LogP contribution in [0.5, 0.6) is 0 Å². The van der Waals surface area contributed by atoms with Crippen molar-refractivity contribution in [2.45, 2.75) is 76.9 Å². The molecule has 0 aromatic carbocycles. The van der Waals surface area contributed by atoms with Crippen LogP contribution in [-0.2, 0) is 4.43 Å². The highest BCUT2D eigenvalue weighted by Crippen LogP contribution is 2.27. The van der Waals surface area contributed by atoms with Crippen molar-refractivity contribution < 1.29 is 4.43 Å². The zero-order valence-electron chi connectivity index (χ0n) is 12.3. The van der Waals surface area contributed by atoms with Gasteiger partial charge < -0.3 is 4.43 Å². The van der Waals surface area contributed by atoms with Crippen LogP contribution in [0, 0.1) is 0 Å². The fourth-order valence-electron chi connectivity index (χ4n) is 2.48. The average molecular weight is 267 g/mol. The Bertz CT molecular complexity index is 268. The second-order valence-electron chi connectivity index (χ2n) is 6.02. The van der Waals surface area contributed by atoms with Crippen LogP contribution in [0.4, 0.5) is 0 Å². The summed E-state index contributed by atoms with van der Waals surface area (Å²) in [5.41, 5.74) is 0. The van der Waals surface area contributed by atoms with Gasteiger partial charge >= 0.3 is 0 Å². The van der Waals surface area contributed by atoms with Crippen LogP contribution in [0.3, 0.4) is 0 Å². The molecule has 1 nitrogen and oxygen atoms in total. The lowest BCUT2D eigenvalue weighted by molar-refractivity contribution is 0.373. The summed E-state index contributed by atoms with van der Waals surface area (Å²) in [6, 6.07) is 1.29. The minimum atomic E-state index is -1.32. The fourth-order valence-corrected chi connectivity index (χ4v) is 4.31. The maximum atomic E-state index is 6.12. The van der Waals surface area contributed by atoms with Crippen LogP contribution >= 0.6 is 0 Å². The molecule has 0 spiro atoms. The first-order valence-electron chi connectivity index (χ1n) is 7.63. The number of allylic oxidation sites excluding steroid dienone is 3. The summed E-state index contributed by atoms with van der Waals surface area (Å²) in [7, 11) is -1.32. The van der Waals surface area contributed by atoms with Gasteiger partial charge in [-0.3, -0.25) is 0 Å². The predicted molar refractivity (Wildman–Crippen MR) is 83.2 cm³/mol. The molecule has 0 unspecified atom stereocenters. The number of rotatable bonds is 9. The molecular formula is C16H30OSi. The first-order valence-corrected chi connectivity index (χ1v) is 10.7. The lowest BCUT2D eigenvalue weighted by Gasteiger charge is -2.29. The maximum absolute atomic E-state index is 6.12. The molecular weight excluding hydrogens is 236 g/mol. The van der Waals surface area contributed by atoms with E-state index in [4.69, 9.17) is 4.43 Å². The molecule has 1 heterocycles. The third-order valence-corrected chi connectivity index (χ3v) is 5.91. The van der Waals surface area contributed by atoms with Crippen molar-refractivity contribution in [3.63, 3.8) is 0 Å². The number of hydrogen-bond acceptors (Lipinski definition) is 1. The van der Waals surface area contributed by atoms with E-state index in [1.165, 1.54) is 69.6 Å². The largest absolute Gasteiger partial charge is 0.547 e. The SMILES string of the molecule is C=CCCCCCCCCC1=CCC[Si](C)(C)O1. The molecule has 0 N–H and O–H groups in total. The van der Waals surface area contributed by atoms with E-state index in [1.54, 1.807) is 0 Å². The second-order valence-corrected chi connectivity index (χ2v) is 10.2. The highest BCUT2D eigenvalue weighted by molar-refractivity contribution is 6.71. The van der Waals surface area contributed by atoms with E-state index in [9.17, 15) is 0 Å². The Morgan fingerprint density at radius 1 is 1.17 bits per heavy atom. The van der Waals surface area contributed by atoms with E-state index >= 15 is 0 Å². The summed E-state index contributed by atoms with van der Waals surface area (Å²) < 4.78 is 6.12. The van der Waals surface area contributed by atoms with Gasteiger partial charge in [-0.1, -0.05) is 31.8 Å². The molecule has 0 saturated carbocycles. The van der Waals surface area contributed by atoms with E-state index in [-0.39, 0.29) is 0 Å². The van der Waals surface area contributed by atoms with Crippen molar-refractivity contribution in [1.29, 1.82) is 0 Å². The van der Waals surface area contributed by atoms with E-state index in [0.29, 0.717) is 0 Å².